The van der Waals surface area contributed by atoms with Crippen LogP contribution in [0.2, 0.25) is 0 Å². The van der Waals surface area contributed by atoms with Crippen molar-refractivity contribution in [3.05, 3.63) is 0 Å². The molecule has 0 unspecified atom stereocenters. The number of unbranched alkanes of at least 4 members (excludes halogenated alkanes) is 24. The van der Waals surface area contributed by atoms with E-state index in [-0.39, 0.29) is 24.4 Å². The largest absolute Gasteiger partial charge is 0.400 e. The van der Waals surface area contributed by atoms with Crippen molar-refractivity contribution in [2.24, 2.45) is 0 Å². The third kappa shape index (κ3) is 45.9. The van der Waals surface area contributed by atoms with Gasteiger partial charge in [0.2, 0.25) is 5.91 Å². The van der Waals surface area contributed by atoms with Crippen LogP contribution in [0.5, 0.6) is 0 Å². The maximum atomic E-state index is 12.0. The van der Waals surface area contributed by atoms with Gasteiger partial charge in [0.1, 0.15) is 6.79 Å². The Bertz CT molecular complexity index is 449. The summed E-state index contributed by atoms with van der Waals surface area (Å²) in [6.07, 6.45) is 35.5. The average molecular weight is 574 g/mol. The van der Waals surface area contributed by atoms with E-state index in [1.165, 1.54) is 141 Å². The van der Waals surface area contributed by atoms with Crippen LogP contribution in [-0.4, -0.2) is 37.2 Å². The summed E-state index contributed by atoms with van der Waals surface area (Å²) in [4.78, 5) is 32.0. The number of hydrogen-bond acceptors (Lipinski definition) is 4. The van der Waals surface area contributed by atoms with E-state index in [2.05, 4.69) is 19.2 Å². The van der Waals surface area contributed by atoms with Crippen molar-refractivity contribution in [1.82, 2.24) is 5.32 Å². The van der Waals surface area contributed by atoms with Gasteiger partial charge in [0.25, 0.3) is 0 Å². The molecular formula is C35H71HeNO4. The van der Waals surface area contributed by atoms with Crippen molar-refractivity contribution >= 4 is 18.5 Å². The standard InChI is InChI=1S/C33H65NO2.CH4O.CH2O.He/c1-3-5-7-9-11-13-15-17-19-21-23-25-27-29-32(35)31-34-33(36)30-28-26-24-22-20-18-16-14-12-10-8-6-4-2;2*1-2;/h3-31H2,1-2H3,(H,34,36);2H,1H3;1H2;. The quantitative estimate of drug-likeness (QED) is 0.0837. The minimum absolute atomic E-state index is 0. The minimum atomic E-state index is 0. The average Bonchev–Trinajstić information content (AvgIpc) is 2.99. The molecule has 0 aliphatic rings. The van der Waals surface area contributed by atoms with Crippen LogP contribution in [0.15, 0.2) is 0 Å². The second-order valence-corrected chi connectivity index (χ2v) is 11.3. The molecule has 0 saturated carbocycles. The summed E-state index contributed by atoms with van der Waals surface area (Å²) in [6.45, 7) is 6.78. The molecule has 0 aliphatic carbocycles. The van der Waals surface area contributed by atoms with Crippen molar-refractivity contribution in [3.8, 4) is 0 Å². The number of ketones is 1. The summed E-state index contributed by atoms with van der Waals surface area (Å²) in [5.74, 6) is 0.244. The zero-order valence-corrected chi connectivity index (χ0v) is 28.1. The van der Waals surface area contributed by atoms with Gasteiger partial charge in [-0.15, -0.1) is 0 Å². The monoisotopic (exact) mass is 574 g/mol. The molecule has 6 heteroatoms. The topological polar surface area (TPSA) is 83.5 Å². The molecule has 0 aromatic heterocycles. The first-order valence-corrected chi connectivity index (χ1v) is 17.2. The van der Waals surface area contributed by atoms with Gasteiger partial charge in [-0.1, -0.05) is 168 Å². The number of rotatable bonds is 30. The van der Waals surface area contributed by atoms with E-state index in [1.54, 1.807) is 0 Å². The predicted octanol–water partition coefficient (Wildman–Crippen LogP) is 10.1. The molecule has 0 radical (unpaired) electrons. The molecule has 0 rings (SSSR count). The zero-order chi connectivity index (χ0) is 30.4. The number of aliphatic hydroxyl groups is 1. The fraction of sp³-hybridized carbons (Fsp3) is 0.914. The Morgan fingerprint density at radius 3 is 1.00 bits per heavy atom. The molecule has 0 heterocycles. The molecule has 0 saturated heterocycles. The second kappa shape index (κ2) is 45.7. The van der Waals surface area contributed by atoms with Crippen molar-refractivity contribution in [1.29, 1.82) is 0 Å². The molecular weight excluding hydrogens is 502 g/mol. The van der Waals surface area contributed by atoms with E-state index < -0.39 is 0 Å². The van der Waals surface area contributed by atoms with Crippen LogP contribution in [0.4, 0.5) is 0 Å². The first-order chi connectivity index (χ1) is 19.7. The summed E-state index contributed by atoms with van der Waals surface area (Å²) in [6, 6.07) is 0. The van der Waals surface area contributed by atoms with E-state index in [4.69, 9.17) is 9.90 Å². The molecule has 0 atom stereocenters. The van der Waals surface area contributed by atoms with Gasteiger partial charge >= 0.3 is 0 Å². The maximum absolute atomic E-state index is 12.0. The molecule has 0 spiro atoms. The molecule has 0 bridgehead atoms. The normalized spacial score (nSPS) is 10.0. The first-order valence-electron chi connectivity index (χ1n) is 17.2. The van der Waals surface area contributed by atoms with Crippen molar-refractivity contribution in [2.75, 3.05) is 13.7 Å². The number of aliphatic hydroxyl groups excluding tert-OH is 1. The van der Waals surface area contributed by atoms with Crippen LogP contribution in [0.3, 0.4) is 0 Å². The molecule has 0 fully saturated rings. The summed E-state index contributed by atoms with van der Waals surface area (Å²) < 4.78 is 0. The van der Waals surface area contributed by atoms with Crippen LogP contribution in [0.25, 0.3) is 0 Å². The molecule has 0 aromatic carbocycles. The van der Waals surface area contributed by atoms with Crippen molar-refractivity contribution in [2.45, 2.75) is 194 Å². The number of carbonyl (C=O) groups excluding carboxylic acids is 3. The summed E-state index contributed by atoms with van der Waals surface area (Å²) in [5.41, 5.74) is 0. The van der Waals surface area contributed by atoms with E-state index >= 15 is 0 Å². The summed E-state index contributed by atoms with van der Waals surface area (Å²) >= 11 is 0. The van der Waals surface area contributed by atoms with Gasteiger partial charge < -0.3 is 15.2 Å². The Morgan fingerprint density at radius 1 is 0.463 bits per heavy atom. The molecule has 5 nitrogen and oxygen atoms in total. The molecule has 242 valence electrons. The number of amides is 1. The van der Waals surface area contributed by atoms with Crippen LogP contribution >= 0.6 is 0 Å². The molecule has 0 aliphatic heterocycles. The first kappa shape index (κ1) is 46.6. The fourth-order valence-electron chi connectivity index (χ4n) is 5.02. The van der Waals surface area contributed by atoms with Crippen LogP contribution in [-0.2, 0) is 14.4 Å². The predicted molar refractivity (Wildman–Crippen MR) is 174 cm³/mol. The van der Waals surface area contributed by atoms with Crippen LogP contribution in [0.1, 0.15) is 194 Å². The van der Waals surface area contributed by atoms with E-state index in [0.29, 0.717) is 12.8 Å². The zero-order valence-electron chi connectivity index (χ0n) is 28.1. The van der Waals surface area contributed by atoms with Gasteiger partial charge in [-0.2, -0.15) is 0 Å². The van der Waals surface area contributed by atoms with Gasteiger partial charge in [-0.05, 0) is 12.8 Å². The van der Waals surface area contributed by atoms with Gasteiger partial charge in [-0.25, -0.2) is 0 Å². The Morgan fingerprint density at radius 2 is 0.707 bits per heavy atom. The summed E-state index contributed by atoms with van der Waals surface area (Å²) in [5, 5.41) is 9.83. The van der Waals surface area contributed by atoms with E-state index in [9.17, 15) is 9.59 Å². The van der Waals surface area contributed by atoms with Crippen molar-refractivity contribution < 1.29 is 25.6 Å². The SMILES string of the molecule is C=O.CCCCCCCCCCCCCCCC(=O)CNC(=O)CCCCCCCCCCCCCCC.CO.[He]. The number of Topliss-reactive ketones (excluding diaryl/α,β-unsaturated/α-hetero) is 1. The Hall–Kier alpha value is -1.32. The molecule has 0 aromatic rings. The molecule has 2 N–H and O–H groups in total. The van der Waals surface area contributed by atoms with Gasteiger partial charge in [0.15, 0.2) is 5.78 Å². The number of nitrogens with one attached hydrogen (secondary N) is 1. The molecule has 41 heavy (non-hydrogen) atoms. The van der Waals surface area contributed by atoms with Crippen LogP contribution in [0, 0.1) is 6.15 Å². The Labute approximate surface area is 256 Å². The smallest absolute Gasteiger partial charge is 0.220 e. The minimum Gasteiger partial charge on any atom is -0.400 e. The fourth-order valence-corrected chi connectivity index (χ4v) is 5.02. The number of carbonyl (C=O) groups is 3. The molecule has 1 amide bonds. The Kier molecular flexibility index (Phi) is 51.9. The Balaban J connectivity index is -0.00000130. The second-order valence-electron chi connectivity index (χ2n) is 11.3. The van der Waals surface area contributed by atoms with Gasteiger partial charge in [0, 0.05) is 26.1 Å². The third-order valence-electron chi connectivity index (χ3n) is 7.55. The summed E-state index contributed by atoms with van der Waals surface area (Å²) in [7, 11) is 1.00. The van der Waals surface area contributed by atoms with E-state index in [1.807, 2.05) is 6.79 Å². The maximum Gasteiger partial charge on any atom is 0.220 e. The van der Waals surface area contributed by atoms with Gasteiger partial charge in [-0.3, -0.25) is 9.59 Å². The van der Waals surface area contributed by atoms with Gasteiger partial charge in [0.05, 0.1) is 6.54 Å². The van der Waals surface area contributed by atoms with Crippen molar-refractivity contribution in [3.63, 3.8) is 0 Å². The van der Waals surface area contributed by atoms with Crippen LogP contribution < -0.4 is 5.32 Å². The number of hydrogen-bond donors (Lipinski definition) is 2. The van der Waals surface area contributed by atoms with E-state index in [0.717, 1.165) is 32.8 Å². The third-order valence-corrected chi connectivity index (χ3v) is 7.55.